The van der Waals surface area contributed by atoms with Gasteiger partial charge in [-0.25, -0.2) is 4.85 Å². The van der Waals surface area contributed by atoms with Crippen molar-refractivity contribution < 1.29 is 4.79 Å². The summed E-state index contributed by atoms with van der Waals surface area (Å²) in [4.78, 5) is 13.9. The van der Waals surface area contributed by atoms with E-state index in [4.69, 9.17) is 6.57 Å². The molecule has 0 aliphatic rings. The fraction of sp³-hybridized carbons (Fsp3) is 0. The van der Waals surface area contributed by atoms with Gasteiger partial charge in [-0.15, -0.1) is 0 Å². The Morgan fingerprint density at radius 1 is 1.27 bits per heavy atom. The molecule has 1 aromatic carbocycles. The van der Waals surface area contributed by atoms with E-state index in [0.717, 1.165) is 17.3 Å². The summed E-state index contributed by atoms with van der Waals surface area (Å²) in [5, 5.41) is 0. The average molecular weight is 215 g/mol. The zero-order valence-corrected chi connectivity index (χ0v) is 8.36. The molecule has 0 amide bonds. The molecular formula is C10H5N3OS. The van der Waals surface area contributed by atoms with Crippen LogP contribution in [0.15, 0.2) is 24.3 Å². The van der Waals surface area contributed by atoms with Crippen LogP contribution < -0.4 is 0 Å². The Balaban J connectivity index is 2.46. The lowest BCUT2D eigenvalue weighted by Gasteiger charge is -1.96. The maximum Gasteiger partial charge on any atom is 0.187 e. The Labute approximate surface area is 90.3 Å². The molecule has 1 heterocycles. The van der Waals surface area contributed by atoms with Crippen LogP contribution in [0.5, 0.6) is 0 Å². The zero-order valence-electron chi connectivity index (χ0n) is 7.54. The number of hydrogen-bond acceptors (Lipinski definition) is 4. The molecule has 0 radical (unpaired) electrons. The summed E-state index contributed by atoms with van der Waals surface area (Å²) in [5.41, 5.74) is 2.29. The maximum absolute atomic E-state index is 10.6. The highest BCUT2D eigenvalue weighted by Crippen LogP contribution is 2.23. The lowest BCUT2D eigenvalue weighted by Crippen LogP contribution is -1.84. The van der Waals surface area contributed by atoms with Crippen molar-refractivity contribution in [2.45, 2.75) is 0 Å². The third-order valence-corrected chi connectivity index (χ3v) is 2.44. The van der Waals surface area contributed by atoms with Crippen molar-refractivity contribution in [1.82, 2.24) is 8.75 Å². The number of carbonyl (C=O) groups excluding carboxylic acids is 1. The molecule has 0 aliphatic heterocycles. The highest BCUT2D eigenvalue weighted by Gasteiger charge is 2.08. The van der Waals surface area contributed by atoms with Crippen LogP contribution >= 0.6 is 11.7 Å². The molecule has 72 valence electrons. The minimum atomic E-state index is 0.343. The van der Waals surface area contributed by atoms with Crippen LogP contribution in [0, 0.1) is 6.57 Å². The van der Waals surface area contributed by atoms with E-state index in [-0.39, 0.29) is 0 Å². The SMILES string of the molecule is [C-]#[N+]c1ccc(-c2nsnc2C=O)cc1. The van der Waals surface area contributed by atoms with E-state index in [1.54, 1.807) is 24.3 Å². The summed E-state index contributed by atoms with van der Waals surface area (Å²) < 4.78 is 7.89. The van der Waals surface area contributed by atoms with E-state index < -0.39 is 0 Å². The van der Waals surface area contributed by atoms with Crippen LogP contribution in [0.2, 0.25) is 0 Å². The van der Waals surface area contributed by atoms with Crippen molar-refractivity contribution in [1.29, 1.82) is 0 Å². The van der Waals surface area contributed by atoms with Crippen LogP contribution in [-0.2, 0) is 0 Å². The maximum atomic E-state index is 10.6. The quantitative estimate of drug-likeness (QED) is 0.571. The van der Waals surface area contributed by atoms with Gasteiger partial charge in [0.15, 0.2) is 12.0 Å². The molecule has 0 aliphatic carbocycles. The lowest BCUT2D eigenvalue weighted by atomic mass is 10.1. The largest absolute Gasteiger partial charge is 0.296 e. The third kappa shape index (κ3) is 1.75. The second-order valence-electron chi connectivity index (χ2n) is 2.77. The number of carbonyl (C=O) groups is 1. The summed E-state index contributed by atoms with van der Waals surface area (Å²) in [6.45, 7) is 6.81. The molecule has 0 N–H and O–H groups in total. The fourth-order valence-corrected chi connectivity index (χ4v) is 1.71. The highest BCUT2D eigenvalue weighted by atomic mass is 32.1. The first-order valence-corrected chi connectivity index (χ1v) is 4.84. The van der Waals surface area contributed by atoms with Gasteiger partial charge < -0.3 is 0 Å². The summed E-state index contributed by atoms with van der Waals surface area (Å²) in [5.74, 6) is 0. The second-order valence-corrected chi connectivity index (χ2v) is 3.30. The van der Waals surface area contributed by atoms with Gasteiger partial charge in [0.2, 0.25) is 0 Å². The summed E-state index contributed by atoms with van der Waals surface area (Å²) >= 11 is 1.00. The zero-order chi connectivity index (χ0) is 10.7. The van der Waals surface area contributed by atoms with Gasteiger partial charge in [-0.2, -0.15) is 8.75 Å². The molecule has 0 saturated carbocycles. The molecule has 5 heteroatoms. The van der Waals surface area contributed by atoms with Crippen LogP contribution in [0.1, 0.15) is 10.5 Å². The van der Waals surface area contributed by atoms with Crippen molar-refractivity contribution in [2.75, 3.05) is 0 Å². The Kier molecular flexibility index (Phi) is 2.52. The van der Waals surface area contributed by atoms with E-state index in [1.807, 2.05) is 0 Å². The number of nitrogens with zero attached hydrogens (tertiary/aromatic N) is 3. The Morgan fingerprint density at radius 2 is 2.00 bits per heavy atom. The van der Waals surface area contributed by atoms with E-state index in [0.29, 0.717) is 23.4 Å². The topological polar surface area (TPSA) is 47.2 Å². The van der Waals surface area contributed by atoms with Gasteiger partial charge in [0, 0.05) is 5.56 Å². The van der Waals surface area contributed by atoms with Gasteiger partial charge in [-0.05, 0) is 0 Å². The Hall–Kier alpha value is -2.06. The first kappa shape index (κ1) is 9.49. The van der Waals surface area contributed by atoms with Crippen LogP contribution in [-0.4, -0.2) is 15.0 Å². The third-order valence-electron chi connectivity index (χ3n) is 1.90. The van der Waals surface area contributed by atoms with Crippen molar-refractivity contribution in [3.05, 3.63) is 41.4 Å². The van der Waals surface area contributed by atoms with E-state index in [1.165, 1.54) is 0 Å². The predicted molar refractivity (Wildman–Crippen MR) is 57.0 cm³/mol. The minimum absolute atomic E-state index is 0.343. The number of aldehydes is 1. The van der Waals surface area contributed by atoms with Crippen molar-refractivity contribution in [3.63, 3.8) is 0 Å². The van der Waals surface area contributed by atoms with E-state index in [9.17, 15) is 4.79 Å². The lowest BCUT2D eigenvalue weighted by molar-refractivity contribution is 0.112. The van der Waals surface area contributed by atoms with Gasteiger partial charge in [-0.3, -0.25) is 4.79 Å². The molecular weight excluding hydrogens is 210 g/mol. The number of benzene rings is 1. The first-order valence-electron chi connectivity index (χ1n) is 4.11. The predicted octanol–water partition coefficient (Wildman–Crippen LogP) is 2.57. The van der Waals surface area contributed by atoms with Gasteiger partial charge in [0.05, 0.1) is 18.3 Å². The molecule has 0 saturated heterocycles. The number of rotatable bonds is 2. The summed E-state index contributed by atoms with van der Waals surface area (Å²) in [7, 11) is 0. The number of hydrogen-bond donors (Lipinski definition) is 0. The molecule has 0 unspecified atom stereocenters. The molecule has 2 rings (SSSR count). The Morgan fingerprint density at radius 3 is 2.60 bits per heavy atom. The fourth-order valence-electron chi connectivity index (χ4n) is 1.17. The van der Waals surface area contributed by atoms with E-state index >= 15 is 0 Å². The van der Waals surface area contributed by atoms with Crippen molar-refractivity contribution >= 4 is 23.7 Å². The summed E-state index contributed by atoms with van der Waals surface area (Å²) in [6.07, 6.45) is 0.682. The van der Waals surface area contributed by atoms with Gasteiger partial charge >= 0.3 is 0 Å². The first-order chi connectivity index (χ1) is 7.35. The standard InChI is InChI=1S/C10H5N3OS/c1-11-8-4-2-7(3-5-8)10-9(6-14)12-15-13-10/h2-6H. The second kappa shape index (κ2) is 3.98. The molecule has 0 fully saturated rings. The van der Waals surface area contributed by atoms with E-state index in [2.05, 4.69) is 13.6 Å². The van der Waals surface area contributed by atoms with Crippen LogP contribution in [0.3, 0.4) is 0 Å². The smallest absolute Gasteiger partial charge is 0.187 e. The molecule has 0 bridgehead atoms. The van der Waals surface area contributed by atoms with Crippen LogP contribution in [0.4, 0.5) is 5.69 Å². The van der Waals surface area contributed by atoms with Crippen molar-refractivity contribution in [2.24, 2.45) is 0 Å². The number of aromatic nitrogens is 2. The molecule has 4 nitrogen and oxygen atoms in total. The highest BCUT2D eigenvalue weighted by molar-refractivity contribution is 6.99. The van der Waals surface area contributed by atoms with Gasteiger partial charge in [0.25, 0.3) is 0 Å². The molecule has 2 aromatic rings. The van der Waals surface area contributed by atoms with Crippen LogP contribution in [0.25, 0.3) is 16.1 Å². The molecule has 0 spiro atoms. The molecule has 1 aromatic heterocycles. The minimum Gasteiger partial charge on any atom is -0.296 e. The monoisotopic (exact) mass is 215 g/mol. The normalized spacial score (nSPS) is 9.53. The van der Waals surface area contributed by atoms with Gasteiger partial charge in [0.1, 0.15) is 11.4 Å². The average Bonchev–Trinajstić information content (AvgIpc) is 2.77. The Bertz CT molecular complexity index is 524. The molecule has 0 atom stereocenters. The molecule has 15 heavy (non-hydrogen) atoms. The summed E-state index contributed by atoms with van der Waals surface area (Å²) in [6, 6.07) is 6.90. The van der Waals surface area contributed by atoms with Gasteiger partial charge in [-0.1, -0.05) is 24.3 Å². The van der Waals surface area contributed by atoms with Crippen molar-refractivity contribution in [3.8, 4) is 11.3 Å².